The summed E-state index contributed by atoms with van der Waals surface area (Å²) >= 11 is 0. The van der Waals surface area contributed by atoms with E-state index in [0.29, 0.717) is 6.42 Å². The Labute approximate surface area is 71.8 Å². The lowest BCUT2D eigenvalue weighted by atomic mass is 9.70. The van der Waals surface area contributed by atoms with Crippen molar-refractivity contribution < 1.29 is 14.7 Å². The second-order valence-electron chi connectivity index (χ2n) is 3.79. The summed E-state index contributed by atoms with van der Waals surface area (Å²) < 4.78 is 0. The molecule has 3 heteroatoms. The Hall–Kier alpha value is -0.860. The lowest BCUT2D eigenvalue weighted by molar-refractivity contribution is -0.157. The van der Waals surface area contributed by atoms with Gasteiger partial charge in [0.25, 0.3) is 0 Å². The van der Waals surface area contributed by atoms with E-state index in [2.05, 4.69) is 0 Å². The van der Waals surface area contributed by atoms with E-state index in [1.54, 1.807) is 0 Å². The second kappa shape index (κ2) is 2.88. The Bertz CT molecular complexity index is 222. The molecule has 0 saturated heterocycles. The van der Waals surface area contributed by atoms with Gasteiger partial charge in [-0.15, -0.1) is 0 Å². The lowest BCUT2D eigenvalue weighted by Crippen LogP contribution is -2.42. The molecule has 0 aromatic carbocycles. The first-order chi connectivity index (χ1) is 5.48. The summed E-state index contributed by atoms with van der Waals surface area (Å²) in [7, 11) is 0. The summed E-state index contributed by atoms with van der Waals surface area (Å²) in [4.78, 5) is 22.3. The number of Topliss-reactive ketones (excluding diaryl/α,β-unsaturated/α-hetero) is 1. The number of hydrogen-bond donors (Lipinski definition) is 1. The third-order valence-electron chi connectivity index (χ3n) is 2.78. The summed E-state index contributed by atoms with van der Waals surface area (Å²) in [5, 5.41) is 8.86. The van der Waals surface area contributed by atoms with Gasteiger partial charge in [0.05, 0.1) is 0 Å². The number of aliphatic carboxylic acids is 1. The molecule has 0 bridgehead atoms. The molecule has 68 valence electrons. The van der Waals surface area contributed by atoms with Crippen LogP contribution in [0.15, 0.2) is 0 Å². The highest BCUT2D eigenvalue weighted by Crippen LogP contribution is 2.35. The third kappa shape index (κ3) is 1.24. The fourth-order valence-corrected chi connectivity index (χ4v) is 1.77. The maximum atomic E-state index is 11.5. The van der Waals surface area contributed by atoms with Crippen molar-refractivity contribution in [3.63, 3.8) is 0 Å². The van der Waals surface area contributed by atoms with Gasteiger partial charge < -0.3 is 5.11 Å². The minimum absolute atomic E-state index is 0.0835. The van der Waals surface area contributed by atoms with E-state index in [-0.39, 0.29) is 11.7 Å². The number of carboxylic acid groups (broad SMARTS) is 1. The largest absolute Gasteiger partial charge is 0.481 e. The average molecular weight is 170 g/mol. The monoisotopic (exact) mass is 170 g/mol. The smallest absolute Gasteiger partial charge is 0.316 e. The quantitative estimate of drug-likeness (QED) is 0.606. The van der Waals surface area contributed by atoms with Gasteiger partial charge in [-0.2, -0.15) is 0 Å². The Balaban J connectivity index is 2.89. The van der Waals surface area contributed by atoms with Crippen molar-refractivity contribution in [2.45, 2.75) is 33.1 Å². The van der Waals surface area contributed by atoms with Gasteiger partial charge in [0, 0.05) is 5.92 Å². The number of carboxylic acids is 1. The highest BCUT2D eigenvalue weighted by Gasteiger charge is 2.45. The van der Waals surface area contributed by atoms with Crippen LogP contribution < -0.4 is 0 Å². The van der Waals surface area contributed by atoms with Crippen LogP contribution in [0.3, 0.4) is 0 Å². The fraction of sp³-hybridized carbons (Fsp3) is 0.778. The first kappa shape index (κ1) is 9.23. The van der Waals surface area contributed by atoms with E-state index in [1.165, 1.54) is 6.92 Å². The molecule has 0 amide bonds. The molecule has 1 fully saturated rings. The number of ketones is 1. The average Bonchev–Trinajstić information content (AvgIpc) is 2.00. The van der Waals surface area contributed by atoms with Crippen molar-refractivity contribution in [1.29, 1.82) is 0 Å². The molecule has 0 aromatic heterocycles. The Morgan fingerprint density at radius 3 is 2.67 bits per heavy atom. The van der Waals surface area contributed by atoms with Crippen LogP contribution in [0.5, 0.6) is 0 Å². The Morgan fingerprint density at radius 2 is 2.25 bits per heavy atom. The molecular weight excluding hydrogens is 156 g/mol. The van der Waals surface area contributed by atoms with Gasteiger partial charge in [-0.3, -0.25) is 9.59 Å². The van der Waals surface area contributed by atoms with E-state index in [4.69, 9.17) is 5.11 Å². The van der Waals surface area contributed by atoms with Crippen molar-refractivity contribution in [3.05, 3.63) is 0 Å². The molecule has 1 rings (SSSR count). The Morgan fingerprint density at radius 1 is 1.67 bits per heavy atom. The predicted octanol–water partition coefficient (Wildman–Crippen LogP) is 1.47. The summed E-state index contributed by atoms with van der Waals surface area (Å²) in [6, 6.07) is 0. The molecule has 1 unspecified atom stereocenters. The lowest BCUT2D eigenvalue weighted by Gasteiger charge is -2.31. The summed E-state index contributed by atoms with van der Waals surface area (Å²) in [6.45, 7) is 3.34. The second-order valence-corrected chi connectivity index (χ2v) is 3.79. The molecular formula is C9H14O3. The SMILES string of the molecule is CC1CCC[C@@](C)(C(=O)O)C1=O. The van der Waals surface area contributed by atoms with Crippen LogP contribution in [-0.2, 0) is 9.59 Å². The molecule has 0 aliphatic heterocycles. The molecule has 2 atom stereocenters. The molecule has 0 spiro atoms. The molecule has 3 nitrogen and oxygen atoms in total. The summed E-state index contributed by atoms with van der Waals surface area (Å²) in [6.07, 6.45) is 2.17. The molecule has 12 heavy (non-hydrogen) atoms. The number of carbonyl (C=O) groups is 2. The van der Waals surface area contributed by atoms with E-state index < -0.39 is 11.4 Å². The van der Waals surface area contributed by atoms with Gasteiger partial charge in [0.1, 0.15) is 5.41 Å². The van der Waals surface area contributed by atoms with Gasteiger partial charge in [-0.1, -0.05) is 13.3 Å². The molecule has 0 aromatic rings. The van der Waals surface area contributed by atoms with Gasteiger partial charge in [-0.05, 0) is 19.8 Å². The van der Waals surface area contributed by atoms with Crippen molar-refractivity contribution in [2.24, 2.45) is 11.3 Å². The van der Waals surface area contributed by atoms with E-state index >= 15 is 0 Å². The van der Waals surface area contributed by atoms with Crippen LogP contribution in [0.1, 0.15) is 33.1 Å². The zero-order chi connectivity index (χ0) is 9.35. The van der Waals surface area contributed by atoms with Crippen LogP contribution in [0.4, 0.5) is 0 Å². The van der Waals surface area contributed by atoms with E-state index in [1.807, 2.05) is 6.92 Å². The van der Waals surface area contributed by atoms with Crippen molar-refractivity contribution in [1.82, 2.24) is 0 Å². The number of carbonyl (C=O) groups excluding carboxylic acids is 1. The zero-order valence-electron chi connectivity index (χ0n) is 7.46. The van der Waals surface area contributed by atoms with E-state index in [9.17, 15) is 9.59 Å². The first-order valence-corrected chi connectivity index (χ1v) is 4.26. The predicted molar refractivity (Wildman–Crippen MR) is 43.8 cm³/mol. The summed E-state index contributed by atoms with van der Waals surface area (Å²) in [5.74, 6) is -1.17. The van der Waals surface area contributed by atoms with Crippen LogP contribution in [0.25, 0.3) is 0 Å². The maximum absolute atomic E-state index is 11.5. The van der Waals surface area contributed by atoms with Crippen LogP contribution in [0, 0.1) is 11.3 Å². The van der Waals surface area contributed by atoms with Crippen LogP contribution in [0.2, 0.25) is 0 Å². The highest BCUT2D eigenvalue weighted by molar-refractivity contribution is 6.04. The van der Waals surface area contributed by atoms with Gasteiger partial charge in [-0.25, -0.2) is 0 Å². The number of hydrogen-bond acceptors (Lipinski definition) is 2. The topological polar surface area (TPSA) is 54.4 Å². The van der Waals surface area contributed by atoms with Crippen molar-refractivity contribution in [3.8, 4) is 0 Å². The van der Waals surface area contributed by atoms with Gasteiger partial charge in [0.2, 0.25) is 0 Å². The Kier molecular flexibility index (Phi) is 2.22. The molecule has 0 radical (unpaired) electrons. The molecule has 1 saturated carbocycles. The molecule has 1 aliphatic rings. The standard InChI is InChI=1S/C9H14O3/c1-6-4-3-5-9(2,7(6)10)8(11)12/h6H,3-5H2,1-2H3,(H,11,12)/t6?,9-/m1/s1. The number of rotatable bonds is 1. The van der Waals surface area contributed by atoms with Crippen LogP contribution >= 0.6 is 0 Å². The molecule has 1 N–H and O–H groups in total. The van der Waals surface area contributed by atoms with Crippen LogP contribution in [-0.4, -0.2) is 16.9 Å². The molecule has 0 heterocycles. The van der Waals surface area contributed by atoms with E-state index in [0.717, 1.165) is 12.8 Å². The normalized spacial score (nSPS) is 36.5. The van der Waals surface area contributed by atoms with Gasteiger partial charge in [0.15, 0.2) is 5.78 Å². The minimum atomic E-state index is -1.11. The summed E-state index contributed by atoms with van der Waals surface area (Å²) in [5.41, 5.74) is -1.11. The maximum Gasteiger partial charge on any atom is 0.316 e. The first-order valence-electron chi connectivity index (χ1n) is 4.26. The molecule has 1 aliphatic carbocycles. The fourth-order valence-electron chi connectivity index (χ4n) is 1.77. The highest BCUT2D eigenvalue weighted by atomic mass is 16.4. The third-order valence-corrected chi connectivity index (χ3v) is 2.78. The van der Waals surface area contributed by atoms with Crippen molar-refractivity contribution in [2.75, 3.05) is 0 Å². The van der Waals surface area contributed by atoms with Gasteiger partial charge >= 0.3 is 5.97 Å². The zero-order valence-corrected chi connectivity index (χ0v) is 7.46. The van der Waals surface area contributed by atoms with Crippen molar-refractivity contribution >= 4 is 11.8 Å². The minimum Gasteiger partial charge on any atom is -0.481 e.